The van der Waals surface area contributed by atoms with Crippen molar-refractivity contribution in [2.75, 3.05) is 7.05 Å². The quantitative estimate of drug-likeness (QED) is 0.742. The lowest BCUT2D eigenvalue weighted by Gasteiger charge is -2.24. The van der Waals surface area contributed by atoms with Crippen LogP contribution in [0.3, 0.4) is 0 Å². The number of rotatable bonds is 4. The molecule has 0 unspecified atom stereocenters. The summed E-state index contributed by atoms with van der Waals surface area (Å²) in [5.41, 5.74) is 1.37. The number of tetrazole rings is 1. The standard InChI is InChI=1S/C15H15N5OS/c1-11(14-7-4-8-22-14)19(2)15(21)12-5-3-6-13(9-12)20-10-16-17-18-20/h3-11H,1-2H3/t11-/m1/s1. The summed E-state index contributed by atoms with van der Waals surface area (Å²) in [5, 5.41) is 13.1. The van der Waals surface area contributed by atoms with Crippen LogP contribution in [0.25, 0.3) is 5.69 Å². The van der Waals surface area contributed by atoms with Crippen LogP contribution in [0.15, 0.2) is 48.1 Å². The molecule has 1 atom stereocenters. The summed E-state index contributed by atoms with van der Waals surface area (Å²) in [6.07, 6.45) is 1.50. The zero-order valence-corrected chi connectivity index (χ0v) is 13.1. The minimum absolute atomic E-state index is 0.0316. The second-order valence-corrected chi connectivity index (χ2v) is 5.89. The van der Waals surface area contributed by atoms with Gasteiger partial charge in [-0.25, -0.2) is 4.68 Å². The van der Waals surface area contributed by atoms with Crippen LogP contribution in [0.1, 0.15) is 28.2 Å². The number of hydrogen-bond acceptors (Lipinski definition) is 5. The lowest BCUT2D eigenvalue weighted by molar-refractivity contribution is 0.0745. The van der Waals surface area contributed by atoms with E-state index < -0.39 is 0 Å². The summed E-state index contributed by atoms with van der Waals surface area (Å²) in [6.45, 7) is 2.02. The summed E-state index contributed by atoms with van der Waals surface area (Å²) in [4.78, 5) is 15.6. The number of nitrogens with zero attached hydrogens (tertiary/aromatic N) is 5. The number of carbonyl (C=O) groups is 1. The molecule has 0 radical (unpaired) electrons. The van der Waals surface area contributed by atoms with Gasteiger partial charge in [0.15, 0.2) is 0 Å². The summed E-state index contributed by atoms with van der Waals surface area (Å²) >= 11 is 1.65. The van der Waals surface area contributed by atoms with Crippen LogP contribution in [0, 0.1) is 0 Å². The molecular weight excluding hydrogens is 298 g/mol. The normalized spacial score (nSPS) is 12.1. The number of benzene rings is 1. The smallest absolute Gasteiger partial charge is 0.254 e. The first-order valence-electron chi connectivity index (χ1n) is 6.81. The molecule has 2 heterocycles. The lowest BCUT2D eigenvalue weighted by Crippen LogP contribution is -2.29. The van der Waals surface area contributed by atoms with Crippen LogP contribution in [0.4, 0.5) is 0 Å². The van der Waals surface area contributed by atoms with Gasteiger partial charge >= 0.3 is 0 Å². The van der Waals surface area contributed by atoms with Crippen molar-refractivity contribution < 1.29 is 4.79 Å². The van der Waals surface area contributed by atoms with Gasteiger partial charge in [-0.15, -0.1) is 16.4 Å². The Hall–Kier alpha value is -2.54. The summed E-state index contributed by atoms with van der Waals surface area (Å²) < 4.78 is 1.53. The number of amides is 1. The van der Waals surface area contributed by atoms with E-state index in [1.807, 2.05) is 43.6 Å². The molecular formula is C15H15N5OS. The number of carbonyl (C=O) groups excluding carboxylic acids is 1. The highest BCUT2D eigenvalue weighted by atomic mass is 32.1. The van der Waals surface area contributed by atoms with E-state index in [-0.39, 0.29) is 11.9 Å². The predicted octanol–water partition coefficient (Wildman–Crippen LogP) is 2.56. The average Bonchev–Trinajstić information content (AvgIpc) is 3.25. The molecule has 0 N–H and O–H groups in total. The monoisotopic (exact) mass is 313 g/mol. The summed E-state index contributed by atoms with van der Waals surface area (Å²) in [6, 6.07) is 11.3. The second kappa shape index (κ2) is 6.07. The maximum Gasteiger partial charge on any atom is 0.254 e. The molecule has 0 aliphatic heterocycles. The average molecular weight is 313 g/mol. The first-order valence-corrected chi connectivity index (χ1v) is 7.69. The van der Waals surface area contributed by atoms with E-state index >= 15 is 0 Å². The van der Waals surface area contributed by atoms with Gasteiger partial charge in [-0.05, 0) is 47.0 Å². The van der Waals surface area contributed by atoms with Gasteiger partial charge in [-0.2, -0.15) is 0 Å². The molecule has 0 saturated heterocycles. The van der Waals surface area contributed by atoms with Gasteiger partial charge in [0.25, 0.3) is 5.91 Å². The fraction of sp³-hybridized carbons (Fsp3) is 0.200. The molecule has 1 amide bonds. The highest BCUT2D eigenvalue weighted by Gasteiger charge is 2.20. The highest BCUT2D eigenvalue weighted by Crippen LogP contribution is 2.25. The lowest BCUT2D eigenvalue weighted by atomic mass is 10.1. The van der Waals surface area contributed by atoms with Crippen LogP contribution in [-0.4, -0.2) is 38.1 Å². The van der Waals surface area contributed by atoms with Gasteiger partial charge in [0.05, 0.1) is 11.7 Å². The third-order valence-corrected chi connectivity index (χ3v) is 4.61. The zero-order chi connectivity index (χ0) is 15.5. The molecule has 0 aliphatic rings. The molecule has 1 aromatic carbocycles. The zero-order valence-electron chi connectivity index (χ0n) is 12.2. The fourth-order valence-corrected chi connectivity index (χ4v) is 2.99. The number of aromatic nitrogens is 4. The van der Waals surface area contributed by atoms with Crippen molar-refractivity contribution in [3.05, 3.63) is 58.5 Å². The maximum absolute atomic E-state index is 12.7. The Bertz CT molecular complexity index is 754. The van der Waals surface area contributed by atoms with Crippen molar-refractivity contribution in [1.29, 1.82) is 0 Å². The Kier molecular flexibility index (Phi) is 3.97. The SMILES string of the molecule is C[C@H](c1cccs1)N(C)C(=O)c1cccc(-n2cnnn2)c1. The fourth-order valence-electron chi connectivity index (χ4n) is 2.16. The van der Waals surface area contributed by atoms with Gasteiger partial charge in [-0.3, -0.25) is 4.79 Å². The molecule has 3 rings (SSSR count). The first-order chi connectivity index (χ1) is 10.7. The van der Waals surface area contributed by atoms with Crippen LogP contribution < -0.4 is 0 Å². The van der Waals surface area contributed by atoms with E-state index in [4.69, 9.17) is 0 Å². The Labute approximate surface area is 132 Å². The van der Waals surface area contributed by atoms with E-state index in [9.17, 15) is 4.79 Å². The van der Waals surface area contributed by atoms with E-state index in [2.05, 4.69) is 15.5 Å². The van der Waals surface area contributed by atoms with E-state index in [1.54, 1.807) is 28.4 Å². The molecule has 0 aliphatic carbocycles. The van der Waals surface area contributed by atoms with Crippen LogP contribution in [-0.2, 0) is 0 Å². The molecule has 0 spiro atoms. The molecule has 22 heavy (non-hydrogen) atoms. The topological polar surface area (TPSA) is 63.9 Å². The van der Waals surface area contributed by atoms with E-state index in [0.717, 1.165) is 10.6 Å². The number of thiophene rings is 1. The Morgan fingerprint density at radius 2 is 2.18 bits per heavy atom. The van der Waals surface area contributed by atoms with Crippen LogP contribution in [0.5, 0.6) is 0 Å². The van der Waals surface area contributed by atoms with Crippen LogP contribution >= 0.6 is 11.3 Å². The first kappa shape index (κ1) is 14.4. The Morgan fingerprint density at radius 1 is 1.32 bits per heavy atom. The van der Waals surface area contributed by atoms with Gasteiger partial charge in [0.1, 0.15) is 6.33 Å². The molecule has 0 fully saturated rings. The Balaban J connectivity index is 1.84. The molecule has 7 heteroatoms. The van der Waals surface area contributed by atoms with Gasteiger partial charge in [0.2, 0.25) is 0 Å². The van der Waals surface area contributed by atoms with Crippen molar-refractivity contribution >= 4 is 17.2 Å². The van der Waals surface area contributed by atoms with Gasteiger partial charge in [-0.1, -0.05) is 12.1 Å². The van der Waals surface area contributed by atoms with Gasteiger partial charge < -0.3 is 4.90 Å². The van der Waals surface area contributed by atoms with Crippen molar-refractivity contribution in [1.82, 2.24) is 25.1 Å². The van der Waals surface area contributed by atoms with Crippen molar-refractivity contribution in [2.45, 2.75) is 13.0 Å². The largest absolute Gasteiger partial charge is 0.334 e. The van der Waals surface area contributed by atoms with Crippen molar-refractivity contribution in [3.8, 4) is 5.69 Å². The van der Waals surface area contributed by atoms with Crippen LogP contribution in [0.2, 0.25) is 0 Å². The molecule has 6 nitrogen and oxygen atoms in total. The molecule has 0 bridgehead atoms. The molecule has 3 aromatic rings. The van der Waals surface area contributed by atoms with E-state index in [0.29, 0.717) is 5.56 Å². The minimum atomic E-state index is -0.0316. The highest BCUT2D eigenvalue weighted by molar-refractivity contribution is 7.10. The predicted molar refractivity (Wildman–Crippen MR) is 84.0 cm³/mol. The minimum Gasteiger partial charge on any atom is -0.334 e. The van der Waals surface area contributed by atoms with E-state index in [1.165, 1.54) is 11.0 Å². The Morgan fingerprint density at radius 3 is 2.86 bits per heavy atom. The summed E-state index contributed by atoms with van der Waals surface area (Å²) in [5.74, 6) is -0.0316. The molecule has 112 valence electrons. The third-order valence-electron chi connectivity index (χ3n) is 3.56. The second-order valence-electron chi connectivity index (χ2n) is 4.91. The third kappa shape index (κ3) is 2.75. The molecule has 2 aromatic heterocycles. The summed E-state index contributed by atoms with van der Waals surface area (Å²) in [7, 11) is 1.82. The van der Waals surface area contributed by atoms with Crippen molar-refractivity contribution in [2.24, 2.45) is 0 Å². The number of hydrogen-bond donors (Lipinski definition) is 0. The van der Waals surface area contributed by atoms with Gasteiger partial charge in [0, 0.05) is 17.5 Å². The maximum atomic E-state index is 12.7. The molecule has 0 saturated carbocycles. The van der Waals surface area contributed by atoms with Crippen molar-refractivity contribution in [3.63, 3.8) is 0 Å².